The van der Waals surface area contributed by atoms with E-state index in [-0.39, 0.29) is 6.04 Å². The minimum atomic E-state index is 0.184. The van der Waals surface area contributed by atoms with Crippen LogP contribution in [0.3, 0.4) is 0 Å². The van der Waals surface area contributed by atoms with E-state index in [0.29, 0.717) is 22.9 Å². The highest BCUT2D eigenvalue weighted by atomic mass is 16.5. The molecule has 0 radical (unpaired) electrons. The number of methoxy groups -OCH3 is 2. The van der Waals surface area contributed by atoms with Crippen LogP contribution >= 0.6 is 0 Å². The summed E-state index contributed by atoms with van der Waals surface area (Å²) in [4.78, 5) is 8.38. The maximum absolute atomic E-state index is 7.69. The molecule has 82 valence electrons. The van der Waals surface area contributed by atoms with Crippen molar-refractivity contribution in [1.29, 1.82) is 0 Å². The van der Waals surface area contributed by atoms with Gasteiger partial charge in [-0.05, 0) is 12.1 Å². The van der Waals surface area contributed by atoms with Crippen LogP contribution in [0, 0.1) is 0 Å². The van der Waals surface area contributed by atoms with E-state index in [4.69, 9.17) is 10.8 Å². The molecule has 16 heavy (non-hydrogen) atoms. The molecule has 0 aliphatic rings. The summed E-state index contributed by atoms with van der Waals surface area (Å²) in [5.74, 6) is 0.793. The minimum Gasteiger partial charge on any atom is -0.493 e. The van der Waals surface area contributed by atoms with Crippen LogP contribution in [0.25, 0.3) is 11.4 Å². The van der Waals surface area contributed by atoms with Crippen molar-refractivity contribution in [3.63, 3.8) is 0 Å². The molecule has 0 fully saturated rings. The van der Waals surface area contributed by atoms with E-state index in [1.54, 1.807) is 6.20 Å². The van der Waals surface area contributed by atoms with E-state index >= 15 is 0 Å². The van der Waals surface area contributed by atoms with Crippen LogP contribution < -0.4 is 9.47 Å². The molecule has 0 N–H and O–H groups in total. The molecular formula is C12H12N2O2. The highest BCUT2D eigenvalue weighted by Gasteiger charge is 2.13. The predicted molar refractivity (Wildman–Crippen MR) is 60.6 cm³/mol. The number of pyridine rings is 2. The molecule has 0 bridgehead atoms. The Morgan fingerprint density at radius 3 is 2.62 bits per heavy atom. The van der Waals surface area contributed by atoms with Crippen molar-refractivity contribution in [1.82, 2.24) is 9.97 Å². The lowest BCUT2D eigenvalue weighted by atomic mass is 10.2. The van der Waals surface area contributed by atoms with E-state index in [2.05, 4.69) is 9.97 Å². The Balaban J connectivity index is 2.63. The van der Waals surface area contributed by atoms with Crippen molar-refractivity contribution < 1.29 is 10.8 Å². The molecule has 2 aromatic heterocycles. The first kappa shape index (κ1) is 9.15. The molecule has 2 rings (SSSR count). The first-order valence-electron chi connectivity index (χ1n) is 5.27. The van der Waals surface area contributed by atoms with Gasteiger partial charge < -0.3 is 9.47 Å². The van der Waals surface area contributed by atoms with Gasteiger partial charge in [-0.1, -0.05) is 6.07 Å². The van der Waals surface area contributed by atoms with E-state index in [9.17, 15) is 0 Å². The average Bonchev–Trinajstić information content (AvgIpc) is 2.39. The molecule has 2 aromatic rings. The Kier molecular flexibility index (Phi) is 2.64. The molecule has 0 spiro atoms. The fourth-order valence-electron chi connectivity index (χ4n) is 1.41. The zero-order valence-electron chi connectivity index (χ0n) is 10.1. The molecule has 2 heterocycles. The van der Waals surface area contributed by atoms with E-state index in [0.717, 1.165) is 0 Å². The van der Waals surface area contributed by atoms with Gasteiger partial charge in [0.25, 0.3) is 0 Å². The molecule has 4 heteroatoms. The lowest BCUT2D eigenvalue weighted by molar-refractivity contribution is 0.354. The molecule has 0 saturated carbocycles. The molecule has 0 saturated heterocycles. The largest absolute Gasteiger partial charge is 0.493 e. The van der Waals surface area contributed by atoms with Crippen molar-refractivity contribution in [3.8, 4) is 22.9 Å². The van der Waals surface area contributed by atoms with Gasteiger partial charge in [0.2, 0.25) is 0 Å². The van der Waals surface area contributed by atoms with Crippen LogP contribution in [0.2, 0.25) is 0 Å². The quantitative estimate of drug-likeness (QED) is 0.790. The Hall–Kier alpha value is -2.10. The summed E-state index contributed by atoms with van der Waals surface area (Å²) in [5, 5.41) is 0. The second-order valence-corrected chi connectivity index (χ2v) is 3.03. The number of hydrogen-bond donors (Lipinski definition) is 0. The summed E-state index contributed by atoms with van der Waals surface area (Å²) in [6.07, 6.45) is 3.10. The van der Waals surface area contributed by atoms with Crippen LogP contribution in [-0.4, -0.2) is 24.2 Å². The van der Waals surface area contributed by atoms with Gasteiger partial charge in [0.05, 0.1) is 21.3 Å². The van der Waals surface area contributed by atoms with Gasteiger partial charge in [0.15, 0.2) is 11.5 Å². The van der Waals surface area contributed by atoms with Gasteiger partial charge in [-0.25, -0.2) is 0 Å². The van der Waals surface area contributed by atoms with Gasteiger partial charge in [0, 0.05) is 18.4 Å². The fraction of sp³-hybridized carbons (Fsp3) is 0.167. The second-order valence-electron chi connectivity index (χ2n) is 3.03. The molecule has 0 aliphatic carbocycles. The van der Waals surface area contributed by atoms with Crippen molar-refractivity contribution in [2.75, 3.05) is 14.2 Å². The number of nitrogens with zero attached hydrogens (tertiary/aromatic N) is 2. The minimum absolute atomic E-state index is 0.184. The molecule has 0 unspecified atom stereocenters. The highest BCUT2D eigenvalue weighted by molar-refractivity contribution is 5.66. The smallest absolute Gasteiger partial charge is 0.188 e. The van der Waals surface area contributed by atoms with Crippen molar-refractivity contribution in [3.05, 3.63) is 36.6 Å². The summed E-state index contributed by atoms with van der Waals surface area (Å²) in [6.45, 7) is 0. The van der Waals surface area contributed by atoms with Crippen LogP contribution in [-0.2, 0) is 0 Å². The Bertz CT molecular complexity index is 517. The molecule has 0 amide bonds. The summed E-state index contributed by atoms with van der Waals surface area (Å²) in [5.41, 5.74) is 1.25. The maximum Gasteiger partial charge on any atom is 0.188 e. The van der Waals surface area contributed by atoms with Gasteiger partial charge in [0.1, 0.15) is 5.69 Å². The van der Waals surface area contributed by atoms with Gasteiger partial charge in [-0.2, -0.15) is 0 Å². The number of aromatic nitrogens is 2. The normalized spacial score (nSPS) is 10.8. The second kappa shape index (κ2) is 4.61. The first-order chi connectivity index (χ1) is 8.27. The molecule has 4 nitrogen and oxygen atoms in total. The number of rotatable bonds is 3. The Morgan fingerprint density at radius 1 is 1.12 bits per heavy atom. The van der Waals surface area contributed by atoms with Gasteiger partial charge in [-0.3, -0.25) is 9.97 Å². The first-order valence-corrected chi connectivity index (χ1v) is 4.77. The Morgan fingerprint density at radius 2 is 2.00 bits per heavy atom. The zero-order chi connectivity index (χ0) is 12.3. The highest BCUT2D eigenvalue weighted by Crippen LogP contribution is 2.34. The summed E-state index contributed by atoms with van der Waals surface area (Å²) in [7, 11) is 3.02. The topological polar surface area (TPSA) is 44.2 Å². The lowest BCUT2D eigenvalue weighted by Gasteiger charge is -2.10. The standard InChI is InChI=1S/C12H12N2O2/c1-15-10-6-8-14-11(12(10)16-2)9-5-3-4-7-13-9/h3-8H,1-2H3/i6D. The van der Waals surface area contributed by atoms with Crippen LogP contribution in [0.15, 0.2) is 36.6 Å². The molecular weight excluding hydrogens is 204 g/mol. The third kappa shape index (κ3) is 1.82. The molecule has 0 aromatic carbocycles. The molecule has 0 aliphatic heterocycles. The SMILES string of the molecule is [2H]c1cnc(-c2ccccn2)c(OC)c1OC. The summed E-state index contributed by atoms with van der Waals surface area (Å²) in [6, 6.07) is 5.70. The van der Waals surface area contributed by atoms with E-state index < -0.39 is 0 Å². The van der Waals surface area contributed by atoms with Crippen LogP contribution in [0.1, 0.15) is 1.37 Å². The van der Waals surface area contributed by atoms with Crippen LogP contribution in [0.4, 0.5) is 0 Å². The van der Waals surface area contributed by atoms with Gasteiger partial charge >= 0.3 is 0 Å². The fourth-order valence-corrected chi connectivity index (χ4v) is 1.41. The van der Waals surface area contributed by atoms with E-state index in [1.807, 2.05) is 18.2 Å². The lowest BCUT2D eigenvalue weighted by Crippen LogP contribution is -1.96. The summed E-state index contributed by atoms with van der Waals surface area (Å²) < 4.78 is 18.1. The number of hydrogen-bond acceptors (Lipinski definition) is 4. The van der Waals surface area contributed by atoms with Gasteiger partial charge in [-0.15, -0.1) is 0 Å². The summed E-state index contributed by atoms with van der Waals surface area (Å²) >= 11 is 0. The van der Waals surface area contributed by atoms with Crippen LogP contribution in [0.5, 0.6) is 11.5 Å². The van der Waals surface area contributed by atoms with E-state index in [1.165, 1.54) is 20.4 Å². The molecule has 0 atom stereocenters. The monoisotopic (exact) mass is 217 g/mol. The average molecular weight is 217 g/mol. The van der Waals surface area contributed by atoms with Crippen molar-refractivity contribution in [2.45, 2.75) is 0 Å². The predicted octanol–water partition coefficient (Wildman–Crippen LogP) is 2.16. The Labute approximate surface area is 95.3 Å². The third-order valence-electron chi connectivity index (χ3n) is 2.13. The number of ether oxygens (including phenoxy) is 2. The van der Waals surface area contributed by atoms with Crippen molar-refractivity contribution >= 4 is 0 Å². The van der Waals surface area contributed by atoms with Crippen molar-refractivity contribution in [2.24, 2.45) is 0 Å². The maximum atomic E-state index is 7.69. The third-order valence-corrected chi connectivity index (χ3v) is 2.13. The zero-order valence-corrected chi connectivity index (χ0v) is 9.10.